The summed E-state index contributed by atoms with van der Waals surface area (Å²) >= 11 is 0. The van der Waals surface area contributed by atoms with Gasteiger partial charge in [-0.15, -0.1) is 0 Å². The van der Waals surface area contributed by atoms with Crippen LogP contribution in [0.2, 0.25) is 0 Å². The van der Waals surface area contributed by atoms with E-state index in [9.17, 15) is 18.6 Å². The smallest absolute Gasteiger partial charge is 0.372 e. The molecule has 0 amide bonds. The van der Waals surface area contributed by atoms with Crippen molar-refractivity contribution in [1.29, 1.82) is 0 Å². The summed E-state index contributed by atoms with van der Waals surface area (Å²) in [6, 6.07) is 0. The fourth-order valence-corrected chi connectivity index (χ4v) is 7.15. The van der Waals surface area contributed by atoms with Crippen molar-refractivity contribution in [2.75, 3.05) is 27.9 Å². The molecule has 0 bridgehead atoms. The first-order chi connectivity index (χ1) is 12.6. The van der Waals surface area contributed by atoms with Crippen molar-refractivity contribution in [3.8, 4) is 0 Å². The Bertz CT molecular complexity index is 641. The third-order valence-electron chi connectivity index (χ3n) is 4.80. The minimum Gasteiger partial charge on any atom is -0.372 e. The summed E-state index contributed by atoms with van der Waals surface area (Å²) in [6.07, 6.45) is 3.74. The lowest BCUT2D eigenvalue weighted by molar-refractivity contribution is -0.0502. The largest absolute Gasteiger partial charge is 0.492 e. The first-order valence-electron chi connectivity index (χ1n) is 8.48. The van der Waals surface area contributed by atoms with Crippen LogP contribution in [-0.4, -0.2) is 45.0 Å². The zero-order valence-corrected chi connectivity index (χ0v) is 18.4. The maximum Gasteiger partial charge on any atom is 0.492 e. The molecule has 0 spiro atoms. The highest BCUT2D eigenvalue weighted by Gasteiger charge is 2.46. The maximum absolute atomic E-state index is 12.6. The molecule has 0 aromatic carbocycles. The third-order valence-corrected chi connectivity index (χ3v) is 9.85. The molecule has 2 aliphatic rings. The predicted molar refractivity (Wildman–Crippen MR) is 94.0 cm³/mol. The van der Waals surface area contributed by atoms with Gasteiger partial charge in [-0.3, -0.25) is 18.1 Å². The van der Waals surface area contributed by atoms with Crippen molar-refractivity contribution < 1.29 is 50.0 Å². The Hall–Kier alpha value is 0.370. The van der Waals surface area contributed by atoms with E-state index in [2.05, 4.69) is 24.8 Å². The standard InChI is InChI=1S/C13H27O11P3/c1-10-5-7-12(10)13-8-6-11(22-13)9-21-26(16,19-3)24-27(17,20-4)23-25(14,15)18-2/h10-13H,5-9H2,1-4H3,(H,14,15)/t10-,11+,12?,13-,26?,27?/m1/s1. The normalized spacial score (nSPS) is 35.0. The quantitative estimate of drug-likeness (QED) is 0.457. The van der Waals surface area contributed by atoms with E-state index < -0.39 is 23.5 Å². The van der Waals surface area contributed by atoms with Gasteiger partial charge in [-0.05, 0) is 37.5 Å². The van der Waals surface area contributed by atoms with Crippen LogP contribution in [0.4, 0.5) is 0 Å². The minimum atomic E-state index is -4.76. The Morgan fingerprint density at radius 2 is 1.59 bits per heavy atom. The fraction of sp³-hybridized carbons (Fsp3) is 1.00. The Balaban J connectivity index is 1.91. The molecule has 1 aliphatic heterocycles. The maximum atomic E-state index is 12.6. The first kappa shape index (κ1) is 23.6. The number of rotatable bonds is 11. The molecule has 160 valence electrons. The molecular formula is C13H27O11P3. The second-order valence-corrected chi connectivity index (χ2v) is 11.8. The van der Waals surface area contributed by atoms with Crippen LogP contribution in [0.25, 0.3) is 0 Å². The molecule has 0 aromatic heterocycles. The molecule has 1 N–H and O–H groups in total. The molecule has 1 saturated carbocycles. The summed E-state index contributed by atoms with van der Waals surface area (Å²) in [4.78, 5) is 9.28. The molecule has 4 unspecified atom stereocenters. The molecule has 2 fully saturated rings. The fourth-order valence-electron chi connectivity index (χ4n) is 3.06. The van der Waals surface area contributed by atoms with E-state index >= 15 is 0 Å². The van der Waals surface area contributed by atoms with Gasteiger partial charge in [0.2, 0.25) is 0 Å². The van der Waals surface area contributed by atoms with Gasteiger partial charge in [0.05, 0.1) is 18.8 Å². The molecule has 14 heteroatoms. The molecule has 1 aliphatic carbocycles. The minimum absolute atomic E-state index is 0.131. The van der Waals surface area contributed by atoms with Crippen molar-refractivity contribution in [3.05, 3.63) is 0 Å². The second-order valence-electron chi connectivity index (χ2n) is 6.46. The van der Waals surface area contributed by atoms with Gasteiger partial charge >= 0.3 is 23.5 Å². The van der Waals surface area contributed by atoms with Crippen molar-refractivity contribution >= 4 is 23.5 Å². The van der Waals surface area contributed by atoms with E-state index in [0.717, 1.165) is 34.2 Å². The zero-order chi connectivity index (χ0) is 20.3. The summed E-state index contributed by atoms with van der Waals surface area (Å²) < 4.78 is 69.7. The lowest BCUT2D eigenvalue weighted by atomic mass is 9.71. The number of ether oxygens (including phenoxy) is 1. The first-order valence-corrected chi connectivity index (χ1v) is 12.9. The average Bonchev–Trinajstić information content (AvgIpc) is 3.06. The average molecular weight is 452 g/mol. The van der Waals surface area contributed by atoms with Crippen LogP contribution >= 0.6 is 23.5 Å². The van der Waals surface area contributed by atoms with Gasteiger partial charge < -0.3 is 9.63 Å². The molecule has 1 saturated heterocycles. The molecule has 0 radical (unpaired) electrons. The topological polar surface area (TPSA) is 136 Å². The highest BCUT2D eigenvalue weighted by atomic mass is 31.3. The summed E-state index contributed by atoms with van der Waals surface area (Å²) in [5.41, 5.74) is 0. The van der Waals surface area contributed by atoms with E-state index in [1.807, 2.05) is 0 Å². The van der Waals surface area contributed by atoms with Crippen LogP contribution in [-0.2, 0) is 45.1 Å². The van der Waals surface area contributed by atoms with E-state index in [4.69, 9.17) is 13.6 Å². The van der Waals surface area contributed by atoms with Crippen LogP contribution in [0.15, 0.2) is 0 Å². The summed E-state index contributed by atoms with van der Waals surface area (Å²) in [6.45, 7) is 2.06. The Morgan fingerprint density at radius 1 is 0.926 bits per heavy atom. The molecule has 11 nitrogen and oxygen atoms in total. The van der Waals surface area contributed by atoms with Gasteiger partial charge in [-0.25, -0.2) is 13.7 Å². The number of phosphoric acid groups is 3. The van der Waals surface area contributed by atoms with Crippen LogP contribution in [0.3, 0.4) is 0 Å². The van der Waals surface area contributed by atoms with Gasteiger partial charge in [0.1, 0.15) is 0 Å². The van der Waals surface area contributed by atoms with Gasteiger partial charge in [0.15, 0.2) is 0 Å². The van der Waals surface area contributed by atoms with Crippen molar-refractivity contribution in [2.45, 2.75) is 44.8 Å². The SMILES string of the molecule is COP(=O)(O)OP(=O)(OC)OP(=O)(OC)OC[C@@H]1CC[C@H](C2CC[C@H]2C)O1. The van der Waals surface area contributed by atoms with Gasteiger partial charge in [0, 0.05) is 21.3 Å². The van der Waals surface area contributed by atoms with Crippen molar-refractivity contribution in [2.24, 2.45) is 11.8 Å². The lowest BCUT2D eigenvalue weighted by Crippen LogP contribution is -2.34. The predicted octanol–water partition coefficient (Wildman–Crippen LogP) is 3.89. The highest BCUT2D eigenvalue weighted by Crippen LogP contribution is 2.71. The van der Waals surface area contributed by atoms with E-state index in [1.165, 1.54) is 6.42 Å². The Kier molecular flexibility index (Phi) is 8.28. The summed E-state index contributed by atoms with van der Waals surface area (Å²) in [5.74, 6) is 1.15. The van der Waals surface area contributed by atoms with Crippen LogP contribution in [0.5, 0.6) is 0 Å². The molecule has 2 rings (SSSR count). The van der Waals surface area contributed by atoms with Gasteiger partial charge in [0.25, 0.3) is 0 Å². The number of phosphoric ester groups is 2. The molecule has 27 heavy (non-hydrogen) atoms. The number of hydrogen-bond acceptors (Lipinski definition) is 10. The van der Waals surface area contributed by atoms with E-state index in [-0.39, 0.29) is 18.8 Å². The van der Waals surface area contributed by atoms with E-state index in [1.54, 1.807) is 0 Å². The second kappa shape index (κ2) is 9.45. The summed E-state index contributed by atoms with van der Waals surface area (Å²) in [5, 5.41) is 0. The Labute approximate surface area is 158 Å². The van der Waals surface area contributed by atoms with Crippen molar-refractivity contribution in [3.63, 3.8) is 0 Å². The van der Waals surface area contributed by atoms with Crippen LogP contribution < -0.4 is 0 Å². The monoisotopic (exact) mass is 452 g/mol. The van der Waals surface area contributed by atoms with Gasteiger partial charge in [-0.2, -0.15) is 8.62 Å². The molecule has 1 heterocycles. The highest BCUT2D eigenvalue weighted by molar-refractivity contribution is 7.67. The lowest BCUT2D eigenvalue weighted by Gasteiger charge is -2.38. The number of hydrogen-bond donors (Lipinski definition) is 1. The van der Waals surface area contributed by atoms with Crippen molar-refractivity contribution in [1.82, 2.24) is 0 Å². The third kappa shape index (κ3) is 6.43. The summed E-state index contributed by atoms with van der Waals surface area (Å²) in [7, 11) is -11.2. The Morgan fingerprint density at radius 3 is 2.07 bits per heavy atom. The zero-order valence-electron chi connectivity index (χ0n) is 15.7. The van der Waals surface area contributed by atoms with Gasteiger partial charge in [-0.1, -0.05) is 6.92 Å². The molecular weight excluding hydrogens is 425 g/mol. The van der Waals surface area contributed by atoms with Crippen LogP contribution in [0.1, 0.15) is 32.6 Å². The van der Waals surface area contributed by atoms with Crippen LogP contribution in [0, 0.1) is 11.8 Å². The van der Waals surface area contributed by atoms with E-state index in [0.29, 0.717) is 18.3 Å². The molecule has 0 aromatic rings. The molecule has 7 atom stereocenters.